The van der Waals surface area contributed by atoms with Gasteiger partial charge in [-0.1, -0.05) is 20.3 Å². The minimum Gasteiger partial charge on any atom is -0.493 e. The van der Waals surface area contributed by atoms with Crippen molar-refractivity contribution in [3.05, 3.63) is 40.7 Å². The molecule has 1 saturated heterocycles. The van der Waals surface area contributed by atoms with Gasteiger partial charge >= 0.3 is 6.09 Å². The zero-order valence-electron chi connectivity index (χ0n) is 19.5. The zero-order chi connectivity index (χ0) is 25.0. The molecule has 182 valence electrons. The third-order valence-corrected chi connectivity index (χ3v) is 5.68. The number of hydrogen-bond acceptors (Lipinski definition) is 6. The van der Waals surface area contributed by atoms with Crippen LogP contribution in [0.3, 0.4) is 0 Å². The summed E-state index contributed by atoms with van der Waals surface area (Å²) >= 11 is 0. The van der Waals surface area contributed by atoms with E-state index in [0.717, 1.165) is 12.8 Å². The van der Waals surface area contributed by atoms with Crippen molar-refractivity contribution in [2.75, 3.05) is 25.0 Å². The molecule has 1 aliphatic heterocycles. The second-order valence-electron chi connectivity index (χ2n) is 8.10. The Labute approximate surface area is 196 Å². The van der Waals surface area contributed by atoms with Crippen LogP contribution in [0.4, 0.5) is 10.5 Å². The lowest BCUT2D eigenvalue weighted by Gasteiger charge is -2.37. The fourth-order valence-corrected chi connectivity index (χ4v) is 3.74. The van der Waals surface area contributed by atoms with Crippen LogP contribution in [-0.2, 0) is 6.42 Å². The number of aromatic nitrogens is 2. The normalized spacial score (nSPS) is 13.3. The van der Waals surface area contributed by atoms with E-state index in [9.17, 15) is 19.2 Å². The Morgan fingerprint density at radius 1 is 1.24 bits per heavy atom. The topological polar surface area (TPSA) is 157 Å². The predicted octanol–water partition coefficient (Wildman–Crippen LogP) is 2.71. The van der Waals surface area contributed by atoms with Gasteiger partial charge in [-0.25, -0.2) is 4.79 Å². The molecule has 1 aromatic heterocycles. The quantitative estimate of drug-likeness (QED) is 0.355. The van der Waals surface area contributed by atoms with Gasteiger partial charge in [-0.2, -0.15) is 5.10 Å². The summed E-state index contributed by atoms with van der Waals surface area (Å²) < 4.78 is 7.32. The Hall–Kier alpha value is -3.89. The van der Waals surface area contributed by atoms with Crippen LogP contribution in [0.25, 0.3) is 0 Å². The Morgan fingerprint density at radius 3 is 2.50 bits per heavy atom. The number of ether oxygens (including phenoxy) is 1. The highest BCUT2D eigenvalue weighted by Crippen LogP contribution is 2.30. The van der Waals surface area contributed by atoms with E-state index < -0.39 is 17.9 Å². The molecular weight excluding hydrogens is 442 g/mol. The first-order valence-electron chi connectivity index (χ1n) is 11.2. The van der Waals surface area contributed by atoms with Crippen molar-refractivity contribution >= 4 is 29.4 Å². The minimum atomic E-state index is -1.04. The molecule has 0 atom stereocenters. The maximum Gasteiger partial charge on any atom is 0.407 e. The smallest absolute Gasteiger partial charge is 0.407 e. The van der Waals surface area contributed by atoms with Crippen LogP contribution < -0.4 is 15.8 Å². The summed E-state index contributed by atoms with van der Waals surface area (Å²) in [6, 6.07) is 4.35. The highest BCUT2D eigenvalue weighted by Gasteiger charge is 2.36. The largest absolute Gasteiger partial charge is 0.493 e. The first-order valence-corrected chi connectivity index (χ1v) is 11.2. The second-order valence-corrected chi connectivity index (χ2v) is 8.10. The van der Waals surface area contributed by atoms with Crippen LogP contribution in [-0.4, -0.2) is 63.2 Å². The summed E-state index contributed by atoms with van der Waals surface area (Å²) in [5.41, 5.74) is 6.63. The summed E-state index contributed by atoms with van der Waals surface area (Å²) in [4.78, 5) is 49.7. The number of carboxylic acid groups (broad SMARTS) is 1. The second kappa shape index (κ2) is 10.4. The molecule has 3 amide bonds. The number of benzene rings is 1. The molecule has 4 N–H and O–H groups in total. The maximum atomic E-state index is 13.3. The van der Waals surface area contributed by atoms with E-state index in [1.807, 2.05) is 13.8 Å². The fraction of sp³-hybridized carbons (Fsp3) is 0.435. The number of primary amides is 1. The Bertz CT molecular complexity index is 1120. The monoisotopic (exact) mass is 471 g/mol. The summed E-state index contributed by atoms with van der Waals surface area (Å²) in [6.07, 6.45) is 1.08. The van der Waals surface area contributed by atoms with Crippen LogP contribution in [0.1, 0.15) is 76.6 Å². The maximum absolute atomic E-state index is 13.3. The van der Waals surface area contributed by atoms with Gasteiger partial charge in [-0.3, -0.25) is 19.1 Å². The van der Waals surface area contributed by atoms with Crippen molar-refractivity contribution in [2.24, 2.45) is 5.73 Å². The van der Waals surface area contributed by atoms with Gasteiger partial charge in [0, 0.05) is 18.7 Å². The number of nitrogens with zero attached hydrogens (tertiary/aromatic N) is 3. The molecule has 3 rings (SSSR count). The van der Waals surface area contributed by atoms with E-state index in [-0.39, 0.29) is 41.9 Å². The van der Waals surface area contributed by atoms with Crippen LogP contribution in [0.2, 0.25) is 0 Å². The van der Waals surface area contributed by atoms with Crippen molar-refractivity contribution in [1.82, 2.24) is 14.7 Å². The molecule has 1 fully saturated rings. The van der Waals surface area contributed by atoms with Crippen molar-refractivity contribution in [3.8, 4) is 5.75 Å². The SMILES string of the molecule is CCCCOc1ccc(C(C)=O)cc1C(=O)Nc1c(C(N)=O)nn(C2CN(C(=O)O)C2)c1CC. The molecule has 1 aliphatic rings. The Kier molecular flexibility index (Phi) is 7.54. The van der Waals surface area contributed by atoms with E-state index in [2.05, 4.69) is 10.4 Å². The molecule has 0 unspecified atom stereocenters. The number of likely N-dealkylation sites (tertiary alicyclic amines) is 1. The third-order valence-electron chi connectivity index (χ3n) is 5.68. The number of nitrogens with one attached hydrogen (secondary N) is 1. The van der Waals surface area contributed by atoms with Crippen molar-refractivity contribution in [3.63, 3.8) is 0 Å². The number of rotatable bonds is 10. The molecule has 0 radical (unpaired) electrons. The number of anilines is 1. The van der Waals surface area contributed by atoms with E-state index in [1.165, 1.54) is 17.9 Å². The summed E-state index contributed by atoms with van der Waals surface area (Å²) in [6.45, 7) is 6.08. The van der Waals surface area contributed by atoms with E-state index in [0.29, 0.717) is 30.0 Å². The third kappa shape index (κ3) is 5.03. The first kappa shape index (κ1) is 24.7. The highest BCUT2D eigenvalue weighted by molar-refractivity contribution is 6.11. The lowest BCUT2D eigenvalue weighted by Crippen LogP contribution is -2.50. The molecule has 11 nitrogen and oxygen atoms in total. The molecule has 0 aliphatic carbocycles. The van der Waals surface area contributed by atoms with Crippen molar-refractivity contribution < 1.29 is 29.0 Å². The summed E-state index contributed by atoms with van der Waals surface area (Å²) in [5, 5.41) is 16.1. The van der Waals surface area contributed by atoms with Gasteiger partial charge < -0.3 is 25.8 Å². The average Bonchev–Trinajstić information content (AvgIpc) is 3.10. The average molecular weight is 472 g/mol. The van der Waals surface area contributed by atoms with Crippen LogP contribution >= 0.6 is 0 Å². The number of unbranched alkanes of at least 4 members (excludes halogenated alkanes) is 1. The van der Waals surface area contributed by atoms with E-state index in [4.69, 9.17) is 15.6 Å². The van der Waals surface area contributed by atoms with Crippen LogP contribution in [0.5, 0.6) is 5.75 Å². The lowest BCUT2D eigenvalue weighted by atomic mass is 10.1. The molecule has 2 aromatic rings. The molecular formula is C23H29N5O6. The van der Waals surface area contributed by atoms with Gasteiger partial charge in [0.05, 0.1) is 29.6 Å². The lowest BCUT2D eigenvalue weighted by molar-refractivity contribution is 0.0794. The molecule has 34 heavy (non-hydrogen) atoms. The van der Waals surface area contributed by atoms with Crippen molar-refractivity contribution in [2.45, 2.75) is 46.1 Å². The zero-order valence-corrected chi connectivity index (χ0v) is 19.5. The number of hydrogen-bond donors (Lipinski definition) is 3. The Balaban J connectivity index is 1.96. The van der Waals surface area contributed by atoms with E-state index in [1.54, 1.807) is 16.8 Å². The number of amides is 3. The van der Waals surface area contributed by atoms with Crippen LogP contribution in [0, 0.1) is 0 Å². The molecule has 1 aromatic carbocycles. The minimum absolute atomic E-state index is 0.116. The molecule has 0 spiro atoms. The molecule has 2 heterocycles. The first-order chi connectivity index (χ1) is 16.2. The number of ketones is 1. The van der Waals surface area contributed by atoms with Gasteiger partial charge in [-0.05, 0) is 38.0 Å². The van der Waals surface area contributed by atoms with Crippen molar-refractivity contribution in [1.29, 1.82) is 0 Å². The highest BCUT2D eigenvalue weighted by atomic mass is 16.5. The van der Waals surface area contributed by atoms with Gasteiger partial charge in [0.1, 0.15) is 5.75 Å². The molecule has 0 bridgehead atoms. The molecule has 0 saturated carbocycles. The van der Waals surface area contributed by atoms with Gasteiger partial charge in [-0.15, -0.1) is 0 Å². The number of carbonyl (C=O) groups excluding carboxylic acids is 3. The van der Waals surface area contributed by atoms with Gasteiger partial charge in [0.15, 0.2) is 11.5 Å². The van der Waals surface area contributed by atoms with Gasteiger partial charge in [0.2, 0.25) is 0 Å². The van der Waals surface area contributed by atoms with Crippen LogP contribution in [0.15, 0.2) is 18.2 Å². The van der Waals surface area contributed by atoms with Gasteiger partial charge in [0.25, 0.3) is 11.8 Å². The standard InChI is InChI=1S/C23H29N5O6/c1-4-6-9-34-18-8-7-14(13(3)29)10-16(18)22(31)25-19-17(5-2)28(26-20(19)21(24)30)15-11-27(12-15)23(32)33/h7-8,10,15H,4-6,9,11-12H2,1-3H3,(H2,24,30)(H,25,31)(H,32,33). The number of carbonyl (C=O) groups is 4. The Morgan fingerprint density at radius 2 is 1.94 bits per heavy atom. The predicted molar refractivity (Wildman–Crippen MR) is 124 cm³/mol. The summed E-state index contributed by atoms with van der Waals surface area (Å²) in [7, 11) is 0. The number of Topliss-reactive ketones (excluding diaryl/α,β-unsaturated/α-hetero) is 1. The van der Waals surface area contributed by atoms with E-state index >= 15 is 0 Å². The number of nitrogens with two attached hydrogens (primary N) is 1. The molecule has 11 heteroatoms. The summed E-state index contributed by atoms with van der Waals surface area (Å²) in [5.74, 6) is -1.29. The fourth-order valence-electron chi connectivity index (χ4n) is 3.74.